The Morgan fingerprint density at radius 2 is 2.04 bits per heavy atom. The number of ether oxygens (including phenoxy) is 1. The van der Waals surface area contributed by atoms with Gasteiger partial charge in [-0.1, -0.05) is 46.6 Å². The molecule has 1 fully saturated rings. The van der Waals surface area contributed by atoms with Crippen molar-refractivity contribution in [3.63, 3.8) is 0 Å². The number of methoxy groups -OCH3 is 1. The Labute approximate surface area is 149 Å². The van der Waals surface area contributed by atoms with Gasteiger partial charge in [0.1, 0.15) is 0 Å². The summed E-state index contributed by atoms with van der Waals surface area (Å²) in [7, 11) is 1.81. The lowest BCUT2D eigenvalue weighted by Crippen LogP contribution is -2.49. The van der Waals surface area contributed by atoms with Gasteiger partial charge in [0.25, 0.3) is 0 Å². The lowest BCUT2D eigenvalue weighted by Gasteiger charge is -2.40. The number of hydrogen-bond donors (Lipinski definition) is 1. The van der Waals surface area contributed by atoms with Crippen molar-refractivity contribution in [3.8, 4) is 0 Å². The molecule has 0 unspecified atom stereocenters. The molecule has 4 nitrogen and oxygen atoms in total. The number of aliphatic hydroxyl groups excluding tert-OH is 1. The summed E-state index contributed by atoms with van der Waals surface area (Å²) in [6.07, 6.45) is 10.3. The van der Waals surface area contributed by atoms with E-state index in [2.05, 4.69) is 44.4 Å². The van der Waals surface area contributed by atoms with Gasteiger partial charge in [0, 0.05) is 19.1 Å². The molecule has 1 heterocycles. The van der Waals surface area contributed by atoms with Gasteiger partial charge in [-0.25, -0.2) is 0 Å². The molecule has 0 aromatic rings. The molecular formula is C20H38N2O2. The largest absolute Gasteiger partial charge is 0.386 e. The number of nitrogens with zero attached hydrogens (tertiary/aromatic N) is 2. The molecule has 1 saturated heterocycles. The van der Waals surface area contributed by atoms with Gasteiger partial charge >= 0.3 is 0 Å². The van der Waals surface area contributed by atoms with Gasteiger partial charge in [0.2, 0.25) is 0 Å². The Bertz CT molecular complexity index is 398. The van der Waals surface area contributed by atoms with E-state index in [9.17, 15) is 5.11 Å². The van der Waals surface area contributed by atoms with E-state index in [4.69, 9.17) is 4.74 Å². The highest BCUT2D eigenvalue weighted by Crippen LogP contribution is 2.35. The first kappa shape index (κ1) is 21.2. The van der Waals surface area contributed by atoms with Gasteiger partial charge in [-0.3, -0.25) is 5.01 Å². The molecular weight excluding hydrogens is 300 g/mol. The van der Waals surface area contributed by atoms with Crippen LogP contribution in [0.4, 0.5) is 0 Å². The van der Waals surface area contributed by atoms with Gasteiger partial charge in [0.15, 0.2) is 0 Å². The Morgan fingerprint density at radius 3 is 2.54 bits per heavy atom. The van der Waals surface area contributed by atoms with Crippen LogP contribution in [-0.2, 0) is 4.74 Å². The van der Waals surface area contributed by atoms with Crippen molar-refractivity contribution in [1.29, 1.82) is 0 Å². The number of rotatable bonds is 11. The maximum atomic E-state index is 10.6. The maximum Gasteiger partial charge on any atom is 0.0996 e. The van der Waals surface area contributed by atoms with E-state index in [0.29, 0.717) is 0 Å². The van der Waals surface area contributed by atoms with Crippen LogP contribution < -0.4 is 0 Å². The predicted octanol–water partition coefficient (Wildman–Crippen LogP) is 4.39. The van der Waals surface area contributed by atoms with Gasteiger partial charge in [-0.15, -0.1) is 6.58 Å². The lowest BCUT2D eigenvalue weighted by atomic mass is 9.80. The summed E-state index contributed by atoms with van der Waals surface area (Å²) in [6.45, 7) is 13.4. The monoisotopic (exact) mass is 338 g/mol. The topological polar surface area (TPSA) is 45.1 Å². The number of hydrazone groups is 1. The van der Waals surface area contributed by atoms with Gasteiger partial charge in [0.05, 0.1) is 24.0 Å². The Balaban J connectivity index is 2.85. The normalized spacial score (nSPS) is 22.8. The van der Waals surface area contributed by atoms with Gasteiger partial charge in [-0.2, -0.15) is 5.10 Å². The van der Waals surface area contributed by atoms with Crippen LogP contribution in [0.2, 0.25) is 0 Å². The summed E-state index contributed by atoms with van der Waals surface area (Å²) < 4.78 is 5.90. The summed E-state index contributed by atoms with van der Waals surface area (Å²) in [5.41, 5.74) is -0.467. The lowest BCUT2D eigenvalue weighted by molar-refractivity contribution is -0.0733. The molecule has 0 saturated carbocycles. The molecule has 0 aliphatic carbocycles. The summed E-state index contributed by atoms with van der Waals surface area (Å²) in [5, 5.41) is 17.4. The molecule has 3 atom stereocenters. The van der Waals surface area contributed by atoms with Crippen molar-refractivity contribution in [2.24, 2.45) is 10.5 Å². The van der Waals surface area contributed by atoms with E-state index in [1.807, 2.05) is 13.2 Å². The molecule has 0 bridgehead atoms. The minimum Gasteiger partial charge on any atom is -0.386 e. The van der Waals surface area contributed by atoms with Crippen LogP contribution in [0.1, 0.15) is 72.6 Å². The third-order valence-corrected chi connectivity index (χ3v) is 6.00. The number of hydrogen-bond acceptors (Lipinski definition) is 4. The van der Waals surface area contributed by atoms with Crippen LogP contribution in [-0.4, -0.2) is 47.7 Å². The Kier molecular flexibility index (Phi) is 8.44. The van der Waals surface area contributed by atoms with Crippen LogP contribution in [0, 0.1) is 5.41 Å². The third kappa shape index (κ3) is 4.60. The molecule has 4 heteroatoms. The SMILES string of the molecule is C=C[C@@](C)(CCCC)[C@@H](O)/C=N/N1CCC[C@H]1C(CC)(CC)OC. The minimum absolute atomic E-state index is 0.150. The predicted molar refractivity (Wildman–Crippen MR) is 102 cm³/mol. The summed E-state index contributed by atoms with van der Waals surface area (Å²) in [6, 6.07) is 0.284. The zero-order chi connectivity index (χ0) is 18.2. The molecule has 24 heavy (non-hydrogen) atoms. The van der Waals surface area contributed by atoms with Crippen LogP contribution >= 0.6 is 0 Å². The fourth-order valence-electron chi connectivity index (χ4n) is 3.82. The Hall–Kier alpha value is -0.870. The average Bonchev–Trinajstić information content (AvgIpc) is 3.08. The molecule has 0 spiro atoms. The fraction of sp³-hybridized carbons (Fsp3) is 0.850. The van der Waals surface area contributed by atoms with E-state index in [0.717, 1.165) is 51.5 Å². The van der Waals surface area contributed by atoms with E-state index < -0.39 is 6.10 Å². The van der Waals surface area contributed by atoms with E-state index in [-0.39, 0.29) is 17.1 Å². The molecule has 1 aliphatic heterocycles. The fourth-order valence-corrected chi connectivity index (χ4v) is 3.82. The highest BCUT2D eigenvalue weighted by atomic mass is 16.5. The van der Waals surface area contributed by atoms with Crippen molar-refractivity contribution >= 4 is 6.21 Å². The maximum absolute atomic E-state index is 10.6. The van der Waals surface area contributed by atoms with Crippen molar-refractivity contribution < 1.29 is 9.84 Å². The van der Waals surface area contributed by atoms with Crippen LogP contribution in [0.25, 0.3) is 0 Å². The second-order valence-corrected chi connectivity index (χ2v) is 7.32. The van der Waals surface area contributed by atoms with Crippen LogP contribution in [0.15, 0.2) is 17.8 Å². The third-order valence-electron chi connectivity index (χ3n) is 6.00. The van der Waals surface area contributed by atoms with Crippen molar-refractivity contribution in [3.05, 3.63) is 12.7 Å². The van der Waals surface area contributed by atoms with Crippen molar-refractivity contribution in [2.45, 2.75) is 90.4 Å². The number of aliphatic hydroxyl groups is 1. The average molecular weight is 339 g/mol. The quantitative estimate of drug-likeness (QED) is 0.449. The minimum atomic E-state index is -0.608. The highest BCUT2D eigenvalue weighted by Gasteiger charge is 2.42. The summed E-state index contributed by atoms with van der Waals surface area (Å²) >= 11 is 0. The molecule has 1 N–H and O–H groups in total. The molecule has 0 aromatic carbocycles. The molecule has 1 aliphatic rings. The van der Waals surface area contributed by atoms with E-state index in [1.165, 1.54) is 0 Å². The highest BCUT2D eigenvalue weighted by molar-refractivity contribution is 5.64. The van der Waals surface area contributed by atoms with Crippen LogP contribution in [0.5, 0.6) is 0 Å². The van der Waals surface area contributed by atoms with Crippen molar-refractivity contribution in [1.82, 2.24) is 5.01 Å². The zero-order valence-corrected chi connectivity index (χ0v) is 16.4. The molecule has 1 rings (SSSR count). The molecule has 140 valence electrons. The first-order valence-corrected chi connectivity index (χ1v) is 9.60. The molecule has 0 amide bonds. The second-order valence-electron chi connectivity index (χ2n) is 7.32. The number of unbranched alkanes of at least 4 members (excludes halogenated alkanes) is 1. The van der Waals surface area contributed by atoms with Crippen LogP contribution in [0.3, 0.4) is 0 Å². The molecule has 0 radical (unpaired) electrons. The second kappa shape index (κ2) is 9.57. The molecule has 0 aromatic heterocycles. The first-order chi connectivity index (χ1) is 11.4. The standard InChI is InChI=1S/C20H38N2O2/c1-7-11-14-19(5,8-2)18(23)16-21-22-15-12-13-17(22)20(9-3,10-4)24-6/h8,16-18,23H,2,7,9-15H2,1,3-6H3/b21-16+/t17-,18-,19-/m0/s1. The van der Waals surface area contributed by atoms with Gasteiger partial charge < -0.3 is 9.84 Å². The van der Waals surface area contributed by atoms with Gasteiger partial charge in [-0.05, 0) is 32.1 Å². The Morgan fingerprint density at radius 1 is 1.38 bits per heavy atom. The van der Waals surface area contributed by atoms with Crippen molar-refractivity contribution in [2.75, 3.05) is 13.7 Å². The van der Waals surface area contributed by atoms with E-state index >= 15 is 0 Å². The van der Waals surface area contributed by atoms with E-state index in [1.54, 1.807) is 6.21 Å². The smallest absolute Gasteiger partial charge is 0.0996 e. The summed E-state index contributed by atoms with van der Waals surface area (Å²) in [4.78, 5) is 0. The summed E-state index contributed by atoms with van der Waals surface area (Å²) in [5.74, 6) is 0. The zero-order valence-electron chi connectivity index (χ0n) is 16.4. The first-order valence-electron chi connectivity index (χ1n) is 9.60.